The van der Waals surface area contributed by atoms with E-state index in [1.165, 1.54) is 6.92 Å². The van der Waals surface area contributed by atoms with Gasteiger partial charge in [-0.1, -0.05) is 0 Å². The third-order valence-corrected chi connectivity index (χ3v) is 1.86. The molecule has 0 unspecified atom stereocenters. The zero-order valence-electron chi connectivity index (χ0n) is 7.39. The molecule has 0 aliphatic carbocycles. The highest BCUT2D eigenvalue weighted by Crippen LogP contribution is 2.24. The van der Waals surface area contributed by atoms with Gasteiger partial charge in [-0.05, 0) is 6.92 Å². The van der Waals surface area contributed by atoms with Crippen LogP contribution in [0.4, 0.5) is 13.2 Å². The summed E-state index contributed by atoms with van der Waals surface area (Å²) < 4.78 is 37.6. The summed E-state index contributed by atoms with van der Waals surface area (Å²) in [5.74, 6) is -0.972. The molecule has 1 aromatic heterocycles. The Morgan fingerprint density at radius 3 is 2.71 bits per heavy atom. The predicted molar refractivity (Wildman–Crippen MR) is 43.2 cm³/mol. The van der Waals surface area contributed by atoms with Crippen molar-refractivity contribution in [3.63, 3.8) is 0 Å². The van der Waals surface area contributed by atoms with E-state index in [4.69, 9.17) is 5.26 Å². The topological polar surface area (TPSA) is 36.7 Å². The average Bonchev–Trinajstić information content (AvgIpc) is 2.13. The highest BCUT2D eigenvalue weighted by atomic mass is 19.3. The molecule has 5 heteroatoms. The molecule has 0 radical (unpaired) electrons. The number of halogens is 3. The quantitative estimate of drug-likeness (QED) is 0.735. The Morgan fingerprint density at radius 1 is 1.57 bits per heavy atom. The fraction of sp³-hybridized carbons (Fsp3) is 0.333. The van der Waals surface area contributed by atoms with Crippen LogP contribution in [-0.2, 0) is 6.42 Å². The second kappa shape index (κ2) is 4.09. The number of alkyl halides is 2. The lowest BCUT2D eigenvalue weighted by Crippen LogP contribution is -2.01. The Hall–Kier alpha value is -1.57. The van der Waals surface area contributed by atoms with Crippen LogP contribution < -0.4 is 0 Å². The monoisotopic (exact) mass is 200 g/mol. The minimum Gasteiger partial charge on any atom is -0.259 e. The summed E-state index contributed by atoms with van der Waals surface area (Å²) >= 11 is 0. The minimum atomic E-state index is -2.88. The minimum absolute atomic E-state index is 0.0179. The van der Waals surface area contributed by atoms with Crippen LogP contribution in [0, 0.1) is 24.1 Å². The standard InChI is InChI=1S/C9H7F3N2/c1-5-7(2-3-13)14-4-6(8(5)10)9(11)12/h4,9H,2H2,1H3. The van der Waals surface area contributed by atoms with Crippen LogP contribution in [0.2, 0.25) is 0 Å². The Morgan fingerprint density at radius 2 is 2.21 bits per heavy atom. The first-order chi connectivity index (χ1) is 6.57. The van der Waals surface area contributed by atoms with Gasteiger partial charge < -0.3 is 0 Å². The maximum absolute atomic E-state index is 13.2. The Kier molecular flexibility index (Phi) is 3.07. The number of pyridine rings is 1. The number of nitrogens with zero attached hydrogens (tertiary/aromatic N) is 2. The Bertz CT molecular complexity index is 382. The normalized spacial score (nSPS) is 10.3. The highest BCUT2D eigenvalue weighted by Gasteiger charge is 2.17. The largest absolute Gasteiger partial charge is 0.268 e. The second-order valence-electron chi connectivity index (χ2n) is 2.73. The fourth-order valence-corrected chi connectivity index (χ4v) is 1.05. The zero-order chi connectivity index (χ0) is 10.7. The van der Waals surface area contributed by atoms with Crippen molar-refractivity contribution in [3.8, 4) is 6.07 Å². The van der Waals surface area contributed by atoms with E-state index in [1.807, 2.05) is 0 Å². The first-order valence-corrected chi connectivity index (χ1v) is 3.87. The molecule has 0 N–H and O–H groups in total. The molecule has 0 saturated heterocycles. The van der Waals surface area contributed by atoms with Gasteiger partial charge in [-0.25, -0.2) is 13.2 Å². The summed E-state index contributed by atoms with van der Waals surface area (Å²) in [6.45, 7) is 1.33. The van der Waals surface area contributed by atoms with Crippen molar-refractivity contribution < 1.29 is 13.2 Å². The van der Waals surface area contributed by atoms with E-state index in [0.29, 0.717) is 0 Å². The van der Waals surface area contributed by atoms with Gasteiger partial charge in [0.15, 0.2) is 0 Å². The summed E-state index contributed by atoms with van der Waals surface area (Å²) in [4.78, 5) is 3.61. The van der Waals surface area contributed by atoms with E-state index < -0.39 is 17.8 Å². The third-order valence-electron chi connectivity index (χ3n) is 1.86. The van der Waals surface area contributed by atoms with Gasteiger partial charge in [-0.2, -0.15) is 5.26 Å². The van der Waals surface area contributed by atoms with Gasteiger partial charge in [0.05, 0.1) is 23.7 Å². The van der Waals surface area contributed by atoms with Crippen LogP contribution in [0.5, 0.6) is 0 Å². The van der Waals surface area contributed by atoms with E-state index in [-0.39, 0.29) is 17.7 Å². The van der Waals surface area contributed by atoms with Crippen molar-refractivity contribution in [2.45, 2.75) is 19.8 Å². The van der Waals surface area contributed by atoms with Crippen LogP contribution in [0.25, 0.3) is 0 Å². The number of nitriles is 1. The van der Waals surface area contributed by atoms with Crippen molar-refractivity contribution in [3.05, 3.63) is 28.8 Å². The Labute approximate surface area is 79.0 Å². The molecular formula is C9H7F3N2. The summed E-state index contributed by atoms with van der Waals surface area (Å²) in [6, 6.07) is 1.78. The van der Waals surface area contributed by atoms with Gasteiger partial charge in [0.2, 0.25) is 0 Å². The number of aromatic nitrogens is 1. The first-order valence-electron chi connectivity index (χ1n) is 3.87. The van der Waals surface area contributed by atoms with Crippen LogP contribution >= 0.6 is 0 Å². The zero-order valence-corrected chi connectivity index (χ0v) is 7.39. The summed E-state index contributed by atoms with van der Waals surface area (Å²) in [5, 5.41) is 8.35. The van der Waals surface area contributed by atoms with Crippen LogP contribution in [0.3, 0.4) is 0 Å². The van der Waals surface area contributed by atoms with Gasteiger partial charge in [0, 0.05) is 11.8 Å². The van der Waals surface area contributed by atoms with Crippen molar-refractivity contribution in [2.24, 2.45) is 0 Å². The molecule has 0 bridgehead atoms. The van der Waals surface area contributed by atoms with Crippen LogP contribution in [0.15, 0.2) is 6.20 Å². The lowest BCUT2D eigenvalue weighted by molar-refractivity contribution is 0.145. The SMILES string of the molecule is Cc1c(CC#N)ncc(C(F)F)c1F. The average molecular weight is 200 g/mol. The van der Waals surface area contributed by atoms with Crippen molar-refractivity contribution >= 4 is 0 Å². The van der Waals surface area contributed by atoms with Gasteiger partial charge in [0.1, 0.15) is 5.82 Å². The van der Waals surface area contributed by atoms with Crippen LogP contribution in [-0.4, -0.2) is 4.98 Å². The molecule has 74 valence electrons. The van der Waals surface area contributed by atoms with Gasteiger partial charge in [-0.3, -0.25) is 4.98 Å². The van der Waals surface area contributed by atoms with Gasteiger partial charge in [-0.15, -0.1) is 0 Å². The number of hydrogen-bond acceptors (Lipinski definition) is 2. The van der Waals surface area contributed by atoms with Crippen molar-refractivity contribution in [2.75, 3.05) is 0 Å². The lowest BCUT2D eigenvalue weighted by atomic mass is 10.1. The molecule has 1 aromatic rings. The van der Waals surface area contributed by atoms with E-state index in [2.05, 4.69) is 4.98 Å². The third kappa shape index (κ3) is 1.84. The number of hydrogen-bond donors (Lipinski definition) is 0. The molecule has 1 heterocycles. The van der Waals surface area contributed by atoms with E-state index in [0.717, 1.165) is 6.20 Å². The van der Waals surface area contributed by atoms with E-state index in [1.54, 1.807) is 6.07 Å². The van der Waals surface area contributed by atoms with Gasteiger partial charge in [0.25, 0.3) is 6.43 Å². The smallest absolute Gasteiger partial charge is 0.259 e. The maximum Gasteiger partial charge on any atom is 0.268 e. The highest BCUT2D eigenvalue weighted by molar-refractivity contribution is 5.28. The molecule has 0 fully saturated rings. The first kappa shape index (κ1) is 10.5. The molecule has 0 aliphatic heterocycles. The summed E-state index contributed by atoms with van der Waals surface area (Å²) in [6.07, 6.45) is -2.18. The molecule has 0 atom stereocenters. The lowest BCUT2D eigenvalue weighted by Gasteiger charge is -2.06. The molecule has 0 aliphatic rings. The van der Waals surface area contributed by atoms with Crippen LogP contribution in [0.1, 0.15) is 23.2 Å². The molecule has 1 rings (SSSR count). The van der Waals surface area contributed by atoms with Crippen molar-refractivity contribution in [1.82, 2.24) is 4.98 Å². The predicted octanol–water partition coefficient (Wildman–Crippen LogP) is 2.53. The molecule has 0 amide bonds. The molecule has 2 nitrogen and oxygen atoms in total. The fourth-order valence-electron chi connectivity index (χ4n) is 1.05. The molecule has 0 saturated carbocycles. The molecule has 0 spiro atoms. The number of rotatable bonds is 2. The molecule has 14 heavy (non-hydrogen) atoms. The van der Waals surface area contributed by atoms with E-state index in [9.17, 15) is 13.2 Å². The Balaban J connectivity index is 3.20. The summed E-state index contributed by atoms with van der Waals surface area (Å²) in [7, 11) is 0. The molecule has 0 aromatic carbocycles. The maximum atomic E-state index is 13.2. The van der Waals surface area contributed by atoms with Crippen molar-refractivity contribution in [1.29, 1.82) is 5.26 Å². The van der Waals surface area contributed by atoms with E-state index >= 15 is 0 Å². The van der Waals surface area contributed by atoms with Gasteiger partial charge >= 0.3 is 0 Å². The molecular weight excluding hydrogens is 193 g/mol. The summed E-state index contributed by atoms with van der Waals surface area (Å²) in [5.41, 5.74) is -0.497. The second-order valence-corrected chi connectivity index (χ2v) is 2.73.